The summed E-state index contributed by atoms with van der Waals surface area (Å²) in [6.07, 6.45) is 3.56. The molecule has 2 saturated heterocycles. The monoisotopic (exact) mass is 465 g/mol. The van der Waals surface area contributed by atoms with Gasteiger partial charge in [0.05, 0.1) is 11.1 Å². The van der Waals surface area contributed by atoms with E-state index in [2.05, 4.69) is 23.2 Å². The molecule has 0 atom stereocenters. The van der Waals surface area contributed by atoms with E-state index in [-0.39, 0.29) is 5.91 Å². The Morgan fingerprint density at radius 3 is 2.44 bits per heavy atom. The third-order valence-electron chi connectivity index (χ3n) is 6.94. The van der Waals surface area contributed by atoms with Crippen LogP contribution in [0.25, 0.3) is 17.0 Å². The van der Waals surface area contributed by atoms with Gasteiger partial charge in [0.2, 0.25) is 5.91 Å². The van der Waals surface area contributed by atoms with Crippen LogP contribution in [0.2, 0.25) is 0 Å². The van der Waals surface area contributed by atoms with E-state index in [1.165, 1.54) is 50.0 Å². The van der Waals surface area contributed by atoms with Crippen molar-refractivity contribution in [3.63, 3.8) is 0 Å². The fourth-order valence-electron chi connectivity index (χ4n) is 5.09. The van der Waals surface area contributed by atoms with E-state index >= 15 is 0 Å². The van der Waals surface area contributed by atoms with E-state index in [1.54, 1.807) is 0 Å². The second-order valence-electron chi connectivity index (χ2n) is 9.30. The number of piperidine rings is 2. The van der Waals surface area contributed by atoms with Crippen LogP contribution in [0.4, 0.5) is 24.7 Å². The zero-order valence-electron chi connectivity index (χ0n) is 18.9. The van der Waals surface area contributed by atoms with Crippen molar-refractivity contribution in [1.29, 1.82) is 0 Å². The zero-order valence-corrected chi connectivity index (χ0v) is 18.9. The van der Waals surface area contributed by atoms with Crippen molar-refractivity contribution in [2.75, 3.05) is 16.8 Å². The fourth-order valence-corrected chi connectivity index (χ4v) is 5.09. The van der Waals surface area contributed by atoms with Gasteiger partial charge in [-0.25, -0.2) is 4.98 Å². The second kappa shape index (κ2) is 8.78. The van der Waals surface area contributed by atoms with Crippen molar-refractivity contribution in [3.8, 4) is 0 Å². The molecule has 3 aromatic rings. The number of hydrogen-bond acceptors (Lipinski definition) is 3. The maximum atomic E-state index is 12.7. The lowest BCUT2D eigenvalue weighted by Crippen LogP contribution is -2.48. The number of nitrogens with zero attached hydrogens (tertiary/aromatic N) is 2. The summed E-state index contributed by atoms with van der Waals surface area (Å²) in [5.74, 6) is 1.46. The third-order valence-corrected chi connectivity index (χ3v) is 6.94. The van der Waals surface area contributed by atoms with Crippen LogP contribution in [-0.2, 0) is 11.0 Å². The maximum Gasteiger partial charge on any atom is 0.416 e. The maximum absolute atomic E-state index is 12.7. The number of anilines is 2. The van der Waals surface area contributed by atoms with E-state index in [0.29, 0.717) is 17.3 Å². The van der Waals surface area contributed by atoms with Crippen molar-refractivity contribution >= 4 is 34.4 Å². The van der Waals surface area contributed by atoms with Gasteiger partial charge in [0.15, 0.2) is 0 Å². The number of pyridine rings is 1. The number of rotatable bonds is 4. The van der Waals surface area contributed by atoms with Crippen LogP contribution < -0.4 is 10.2 Å². The van der Waals surface area contributed by atoms with Gasteiger partial charge >= 0.3 is 6.18 Å². The van der Waals surface area contributed by atoms with Gasteiger partial charge in [-0.15, -0.1) is 0 Å². The summed E-state index contributed by atoms with van der Waals surface area (Å²) in [5, 5.41) is 3.81. The number of nitrogens with one attached hydrogen (secondary N) is 1. The number of alkyl halides is 3. The molecule has 3 heterocycles. The first-order chi connectivity index (χ1) is 16.3. The molecule has 0 spiro atoms. The highest BCUT2D eigenvalue weighted by atomic mass is 19.4. The van der Waals surface area contributed by atoms with Crippen molar-refractivity contribution < 1.29 is 18.0 Å². The Labute approximate surface area is 196 Å². The Balaban J connectivity index is 1.29. The average Bonchev–Trinajstić information content (AvgIpc) is 2.83. The van der Waals surface area contributed by atoms with Crippen molar-refractivity contribution in [2.45, 2.75) is 44.8 Å². The second-order valence-corrected chi connectivity index (χ2v) is 9.30. The number of benzene rings is 2. The molecule has 1 aromatic heterocycles. The number of aromatic nitrogens is 1. The predicted molar refractivity (Wildman–Crippen MR) is 129 cm³/mol. The molecule has 2 bridgehead atoms. The summed E-state index contributed by atoms with van der Waals surface area (Å²) < 4.78 is 38.0. The highest BCUT2D eigenvalue weighted by molar-refractivity contribution is 6.03. The number of halogens is 3. The lowest BCUT2D eigenvalue weighted by atomic mass is 9.80. The SMILES string of the molecule is Cc1cc(N2CC3CCC2CC3)nc2ccc(NC(=O)/C=C/c3ccc(C(F)(F)F)cc3)cc12. The first-order valence-electron chi connectivity index (χ1n) is 11.6. The molecule has 6 rings (SSSR count). The first-order valence-corrected chi connectivity index (χ1v) is 11.6. The Bertz CT molecular complexity index is 1240. The van der Waals surface area contributed by atoms with Gasteiger partial charge < -0.3 is 10.2 Å². The van der Waals surface area contributed by atoms with Crippen LogP contribution >= 0.6 is 0 Å². The van der Waals surface area contributed by atoms with Gasteiger partial charge in [-0.1, -0.05) is 12.1 Å². The van der Waals surface area contributed by atoms with Crippen molar-refractivity contribution in [2.24, 2.45) is 5.92 Å². The molecule has 7 heteroatoms. The molecule has 1 amide bonds. The highest BCUT2D eigenvalue weighted by Crippen LogP contribution is 2.38. The number of amides is 1. The minimum Gasteiger partial charge on any atom is -0.353 e. The summed E-state index contributed by atoms with van der Waals surface area (Å²) >= 11 is 0. The molecule has 1 saturated carbocycles. The zero-order chi connectivity index (χ0) is 23.9. The lowest BCUT2D eigenvalue weighted by molar-refractivity contribution is -0.137. The van der Waals surface area contributed by atoms with Crippen LogP contribution in [-0.4, -0.2) is 23.5 Å². The summed E-state index contributed by atoms with van der Waals surface area (Å²) in [6.45, 7) is 3.15. The number of carbonyl (C=O) groups is 1. The normalized spacial score (nSPS) is 20.3. The fraction of sp³-hybridized carbons (Fsp3) is 0.333. The molecule has 34 heavy (non-hydrogen) atoms. The molecule has 176 valence electrons. The molecule has 2 aliphatic heterocycles. The van der Waals surface area contributed by atoms with Gasteiger partial charge in [0.25, 0.3) is 0 Å². The molecule has 1 aliphatic carbocycles. The van der Waals surface area contributed by atoms with Crippen LogP contribution in [0, 0.1) is 12.8 Å². The number of carbonyl (C=O) groups excluding carboxylic acids is 1. The largest absolute Gasteiger partial charge is 0.416 e. The van der Waals surface area contributed by atoms with E-state index in [1.807, 2.05) is 18.2 Å². The third kappa shape index (κ3) is 4.65. The number of aryl methyl sites for hydroxylation is 1. The molecule has 0 unspecified atom stereocenters. The van der Waals surface area contributed by atoms with E-state index in [9.17, 15) is 18.0 Å². The molecule has 3 fully saturated rings. The summed E-state index contributed by atoms with van der Waals surface area (Å²) in [5.41, 5.74) is 2.45. The first kappa shape index (κ1) is 22.4. The molecule has 4 nitrogen and oxygen atoms in total. The molecule has 0 radical (unpaired) electrons. The van der Waals surface area contributed by atoms with Crippen LogP contribution in [0.1, 0.15) is 42.4 Å². The number of hydrogen-bond donors (Lipinski definition) is 1. The minimum atomic E-state index is -4.38. The van der Waals surface area contributed by atoms with Gasteiger partial charge in [-0.05, 0) is 92.1 Å². The predicted octanol–water partition coefficient (Wildman–Crippen LogP) is 6.59. The molecule has 1 N–H and O–H groups in total. The summed E-state index contributed by atoms with van der Waals surface area (Å²) in [7, 11) is 0. The standard InChI is InChI=1S/C27H26F3N3O/c1-17-14-25(33-16-19-4-10-22(33)11-5-19)32-24-12-9-21(15-23(17)24)31-26(34)13-6-18-2-7-20(8-3-18)27(28,29)30/h2-3,6-9,12-15,19,22H,4-5,10-11,16H2,1H3,(H,31,34)/b13-6+. The molecule has 2 aromatic carbocycles. The van der Waals surface area contributed by atoms with E-state index in [4.69, 9.17) is 4.98 Å². The van der Waals surface area contributed by atoms with Crippen molar-refractivity contribution in [3.05, 3.63) is 71.3 Å². The summed E-state index contributed by atoms with van der Waals surface area (Å²) in [6, 6.07) is 13.1. The van der Waals surface area contributed by atoms with Gasteiger partial charge in [0, 0.05) is 29.7 Å². The van der Waals surface area contributed by atoms with Gasteiger partial charge in [0.1, 0.15) is 5.82 Å². The Morgan fingerprint density at radius 2 is 1.79 bits per heavy atom. The average molecular weight is 466 g/mol. The smallest absolute Gasteiger partial charge is 0.353 e. The summed E-state index contributed by atoms with van der Waals surface area (Å²) in [4.78, 5) is 19.7. The number of fused-ring (bicyclic) bond motifs is 4. The quantitative estimate of drug-likeness (QED) is 0.442. The van der Waals surface area contributed by atoms with E-state index in [0.717, 1.165) is 46.9 Å². The van der Waals surface area contributed by atoms with Crippen LogP contribution in [0.5, 0.6) is 0 Å². The van der Waals surface area contributed by atoms with Crippen LogP contribution in [0.15, 0.2) is 54.6 Å². The van der Waals surface area contributed by atoms with Crippen molar-refractivity contribution in [1.82, 2.24) is 4.98 Å². The topological polar surface area (TPSA) is 45.2 Å². The molecular formula is C27H26F3N3O. The minimum absolute atomic E-state index is 0.356. The molecule has 3 aliphatic rings. The lowest BCUT2D eigenvalue weighted by Gasteiger charge is -2.46. The Morgan fingerprint density at radius 1 is 1.06 bits per heavy atom. The van der Waals surface area contributed by atoms with Gasteiger partial charge in [-0.3, -0.25) is 4.79 Å². The van der Waals surface area contributed by atoms with E-state index < -0.39 is 11.7 Å². The van der Waals surface area contributed by atoms with Gasteiger partial charge in [-0.2, -0.15) is 13.2 Å². The van der Waals surface area contributed by atoms with Crippen LogP contribution in [0.3, 0.4) is 0 Å². The Hall–Kier alpha value is -3.35. The highest BCUT2D eigenvalue weighted by Gasteiger charge is 2.34. The molecular weight excluding hydrogens is 439 g/mol. The Kier molecular flexibility index (Phi) is 5.80.